The Kier molecular flexibility index (Phi) is 2.99. The van der Waals surface area contributed by atoms with Gasteiger partial charge in [-0.3, -0.25) is 4.79 Å². The van der Waals surface area contributed by atoms with E-state index in [0.717, 1.165) is 0 Å². The zero-order chi connectivity index (χ0) is 8.97. The minimum Gasteiger partial charge on any atom is -0.396 e. The average molecular weight is 168 g/mol. The van der Waals surface area contributed by atoms with Crippen molar-refractivity contribution in [3.8, 4) is 0 Å². The van der Waals surface area contributed by atoms with E-state index in [9.17, 15) is 4.79 Å². The van der Waals surface area contributed by atoms with Crippen LogP contribution in [-0.4, -0.2) is 21.5 Å². The van der Waals surface area contributed by atoms with Gasteiger partial charge in [-0.2, -0.15) is 5.10 Å². The summed E-state index contributed by atoms with van der Waals surface area (Å²) in [6, 6.07) is 3.06. The third-order valence-electron chi connectivity index (χ3n) is 1.58. The molecule has 1 unspecified atom stereocenters. The Balaban J connectivity index is 2.76. The number of aliphatic hydroxyl groups excluding tert-OH is 1. The zero-order valence-corrected chi connectivity index (χ0v) is 6.97. The van der Waals surface area contributed by atoms with Gasteiger partial charge in [0.25, 0.3) is 5.56 Å². The van der Waals surface area contributed by atoms with Crippen molar-refractivity contribution in [1.82, 2.24) is 9.78 Å². The van der Waals surface area contributed by atoms with Crippen molar-refractivity contribution in [1.29, 1.82) is 0 Å². The summed E-state index contributed by atoms with van der Waals surface area (Å²) < 4.78 is 1.35. The molecule has 0 radical (unpaired) electrons. The number of nitrogens with zero attached hydrogens (tertiary/aromatic N) is 2. The maximum Gasteiger partial charge on any atom is 0.266 e. The summed E-state index contributed by atoms with van der Waals surface area (Å²) in [4.78, 5) is 11.1. The van der Waals surface area contributed by atoms with Gasteiger partial charge < -0.3 is 5.11 Å². The van der Waals surface area contributed by atoms with Crippen molar-refractivity contribution < 1.29 is 5.11 Å². The normalized spacial score (nSPS) is 12.8. The van der Waals surface area contributed by atoms with Crippen LogP contribution in [0.2, 0.25) is 0 Å². The number of aromatic nitrogens is 2. The lowest BCUT2D eigenvalue weighted by molar-refractivity contribution is 0.217. The van der Waals surface area contributed by atoms with Crippen LogP contribution in [-0.2, 0) is 6.54 Å². The van der Waals surface area contributed by atoms with E-state index in [4.69, 9.17) is 5.11 Å². The highest BCUT2D eigenvalue weighted by Crippen LogP contribution is 1.93. The number of rotatable bonds is 3. The smallest absolute Gasteiger partial charge is 0.266 e. The van der Waals surface area contributed by atoms with Crippen LogP contribution in [0.5, 0.6) is 0 Å². The molecule has 0 amide bonds. The van der Waals surface area contributed by atoms with Gasteiger partial charge in [0.2, 0.25) is 0 Å². The topological polar surface area (TPSA) is 55.1 Å². The first-order valence-corrected chi connectivity index (χ1v) is 3.87. The molecule has 4 heteroatoms. The molecule has 1 aromatic rings. The van der Waals surface area contributed by atoms with E-state index in [0.29, 0.717) is 6.54 Å². The predicted octanol–water partition coefficient (Wildman–Crippen LogP) is -0.128. The minimum absolute atomic E-state index is 0.0672. The van der Waals surface area contributed by atoms with Crippen LogP contribution in [0.25, 0.3) is 0 Å². The molecule has 0 aliphatic rings. The van der Waals surface area contributed by atoms with Gasteiger partial charge in [0, 0.05) is 25.4 Å². The molecule has 1 heterocycles. The van der Waals surface area contributed by atoms with Crippen molar-refractivity contribution in [2.75, 3.05) is 6.61 Å². The van der Waals surface area contributed by atoms with Gasteiger partial charge in [-0.15, -0.1) is 0 Å². The highest BCUT2D eigenvalue weighted by Gasteiger charge is 2.02. The Labute approximate surface area is 70.5 Å². The van der Waals surface area contributed by atoms with E-state index >= 15 is 0 Å². The summed E-state index contributed by atoms with van der Waals surface area (Å²) >= 11 is 0. The molecule has 4 nitrogen and oxygen atoms in total. The summed E-state index contributed by atoms with van der Waals surface area (Å²) in [6.07, 6.45) is 1.56. The van der Waals surface area contributed by atoms with Crippen LogP contribution in [0, 0.1) is 5.92 Å². The van der Waals surface area contributed by atoms with Gasteiger partial charge in [-0.25, -0.2) is 4.68 Å². The SMILES string of the molecule is CC(CO)Cn1ncccc1=O. The molecule has 0 aliphatic heterocycles. The molecule has 0 fully saturated rings. The largest absolute Gasteiger partial charge is 0.396 e. The van der Waals surface area contributed by atoms with Gasteiger partial charge in [0.15, 0.2) is 0 Å². The second kappa shape index (κ2) is 4.01. The minimum atomic E-state index is -0.127. The molecular formula is C8H12N2O2. The van der Waals surface area contributed by atoms with Crippen LogP contribution in [0.15, 0.2) is 23.1 Å². The Bertz CT molecular complexity index is 295. The molecule has 12 heavy (non-hydrogen) atoms. The van der Waals surface area contributed by atoms with Gasteiger partial charge in [-0.05, 0) is 12.0 Å². The molecule has 1 aromatic heterocycles. The molecule has 1 rings (SSSR count). The van der Waals surface area contributed by atoms with Crippen molar-refractivity contribution in [3.63, 3.8) is 0 Å². The van der Waals surface area contributed by atoms with E-state index in [1.807, 2.05) is 6.92 Å². The van der Waals surface area contributed by atoms with Crippen molar-refractivity contribution >= 4 is 0 Å². The Morgan fingerprint density at radius 2 is 2.50 bits per heavy atom. The molecule has 0 aliphatic carbocycles. The van der Waals surface area contributed by atoms with Gasteiger partial charge in [0.05, 0.1) is 0 Å². The van der Waals surface area contributed by atoms with Crippen molar-refractivity contribution in [2.45, 2.75) is 13.5 Å². The lowest BCUT2D eigenvalue weighted by Gasteiger charge is -2.07. The molecule has 1 N–H and O–H groups in total. The van der Waals surface area contributed by atoms with Gasteiger partial charge in [-0.1, -0.05) is 6.92 Å². The summed E-state index contributed by atoms with van der Waals surface area (Å²) in [7, 11) is 0. The summed E-state index contributed by atoms with van der Waals surface area (Å²) in [6.45, 7) is 2.40. The van der Waals surface area contributed by atoms with Gasteiger partial charge in [0.1, 0.15) is 0 Å². The summed E-state index contributed by atoms with van der Waals surface area (Å²) in [5.74, 6) is 0.0672. The fraction of sp³-hybridized carbons (Fsp3) is 0.500. The predicted molar refractivity (Wildman–Crippen MR) is 44.7 cm³/mol. The Morgan fingerprint density at radius 1 is 1.75 bits per heavy atom. The number of hydrogen-bond acceptors (Lipinski definition) is 3. The monoisotopic (exact) mass is 168 g/mol. The fourth-order valence-corrected chi connectivity index (χ4v) is 0.877. The first-order valence-electron chi connectivity index (χ1n) is 3.87. The molecule has 0 aromatic carbocycles. The Morgan fingerprint density at radius 3 is 3.08 bits per heavy atom. The molecular weight excluding hydrogens is 156 g/mol. The lowest BCUT2D eigenvalue weighted by atomic mass is 10.2. The summed E-state index contributed by atoms with van der Waals surface area (Å²) in [5, 5.41) is 12.6. The molecule has 0 saturated carbocycles. The third kappa shape index (κ3) is 2.17. The van der Waals surface area contributed by atoms with Crippen LogP contribution in [0.1, 0.15) is 6.92 Å². The number of aliphatic hydroxyl groups is 1. The van der Waals surface area contributed by atoms with E-state index in [1.54, 1.807) is 12.3 Å². The maximum absolute atomic E-state index is 11.1. The molecule has 0 bridgehead atoms. The zero-order valence-electron chi connectivity index (χ0n) is 6.97. The molecule has 0 saturated heterocycles. The second-order valence-electron chi connectivity index (χ2n) is 2.83. The molecule has 66 valence electrons. The van der Waals surface area contributed by atoms with Gasteiger partial charge >= 0.3 is 0 Å². The van der Waals surface area contributed by atoms with Crippen molar-refractivity contribution in [3.05, 3.63) is 28.7 Å². The van der Waals surface area contributed by atoms with Crippen LogP contribution in [0.3, 0.4) is 0 Å². The van der Waals surface area contributed by atoms with E-state index < -0.39 is 0 Å². The second-order valence-corrected chi connectivity index (χ2v) is 2.83. The van der Waals surface area contributed by atoms with Crippen LogP contribution in [0.4, 0.5) is 0 Å². The van der Waals surface area contributed by atoms with Crippen LogP contribution >= 0.6 is 0 Å². The quantitative estimate of drug-likeness (QED) is 0.684. The van der Waals surface area contributed by atoms with Crippen molar-refractivity contribution in [2.24, 2.45) is 5.92 Å². The first kappa shape index (κ1) is 8.93. The van der Waals surface area contributed by atoms with Crippen LogP contribution < -0.4 is 5.56 Å². The standard InChI is InChI=1S/C8H12N2O2/c1-7(6-11)5-10-8(12)3-2-4-9-10/h2-4,7,11H,5-6H2,1H3. The molecule has 0 spiro atoms. The summed E-state index contributed by atoms with van der Waals surface area (Å²) in [5.41, 5.74) is -0.127. The first-order chi connectivity index (χ1) is 5.74. The fourth-order valence-electron chi connectivity index (χ4n) is 0.877. The average Bonchev–Trinajstić information content (AvgIpc) is 2.09. The highest BCUT2D eigenvalue weighted by atomic mass is 16.3. The Hall–Kier alpha value is -1.16. The third-order valence-corrected chi connectivity index (χ3v) is 1.58. The van der Waals surface area contributed by atoms with E-state index in [-0.39, 0.29) is 18.1 Å². The highest BCUT2D eigenvalue weighted by molar-refractivity contribution is 4.84. The lowest BCUT2D eigenvalue weighted by Crippen LogP contribution is -2.25. The number of hydrogen-bond donors (Lipinski definition) is 1. The van der Waals surface area contributed by atoms with E-state index in [2.05, 4.69) is 5.10 Å². The van der Waals surface area contributed by atoms with E-state index in [1.165, 1.54) is 10.7 Å². The molecule has 1 atom stereocenters. The maximum atomic E-state index is 11.1.